The van der Waals surface area contributed by atoms with E-state index in [1.165, 1.54) is 32.4 Å². The lowest BCUT2D eigenvalue weighted by atomic mass is 9.91. The number of thiophene rings is 2. The number of hydrogen-bond acceptors (Lipinski definition) is 4. The molecule has 0 bridgehead atoms. The lowest BCUT2D eigenvalue weighted by Crippen LogP contribution is -2.27. The monoisotopic (exact) mass is 330 g/mol. The predicted molar refractivity (Wildman–Crippen MR) is 99.3 cm³/mol. The molecule has 3 rings (SSSR count). The van der Waals surface area contributed by atoms with Gasteiger partial charge in [-0.15, -0.1) is 22.7 Å². The molecule has 116 valence electrons. The molecule has 0 N–H and O–H groups in total. The summed E-state index contributed by atoms with van der Waals surface area (Å²) in [6.07, 6.45) is 8.96. The first-order valence-corrected chi connectivity index (χ1v) is 9.53. The average Bonchev–Trinajstić information content (AvgIpc) is 3.12. The molecule has 0 saturated heterocycles. The summed E-state index contributed by atoms with van der Waals surface area (Å²) >= 11 is 3.61. The molecule has 1 fully saturated rings. The predicted octanol–water partition coefficient (Wildman–Crippen LogP) is 5.28. The van der Waals surface area contributed by atoms with Crippen molar-refractivity contribution < 1.29 is 0 Å². The first-order valence-electron chi connectivity index (χ1n) is 7.90. The fourth-order valence-corrected chi connectivity index (χ4v) is 4.34. The molecule has 2 nitrogen and oxygen atoms in total. The lowest BCUT2D eigenvalue weighted by Gasteiger charge is -2.25. The van der Waals surface area contributed by atoms with Crippen LogP contribution in [0.4, 0.5) is 0 Å². The van der Waals surface area contributed by atoms with Gasteiger partial charge in [0.2, 0.25) is 0 Å². The van der Waals surface area contributed by atoms with Gasteiger partial charge in [0, 0.05) is 31.9 Å². The molecule has 1 aliphatic carbocycles. The second kappa shape index (κ2) is 7.34. The molecule has 2 unspecified atom stereocenters. The Morgan fingerprint density at radius 2 is 1.27 bits per heavy atom. The highest BCUT2D eigenvalue weighted by atomic mass is 32.1. The second-order valence-electron chi connectivity index (χ2n) is 5.87. The van der Waals surface area contributed by atoms with E-state index in [1.54, 1.807) is 22.7 Å². The van der Waals surface area contributed by atoms with E-state index >= 15 is 0 Å². The van der Waals surface area contributed by atoms with Crippen molar-refractivity contribution >= 4 is 35.1 Å². The zero-order chi connectivity index (χ0) is 15.4. The van der Waals surface area contributed by atoms with Gasteiger partial charge in [0.05, 0.1) is 12.1 Å². The van der Waals surface area contributed by atoms with Crippen molar-refractivity contribution in [3.05, 3.63) is 43.8 Å². The standard InChI is InChI=1S/C18H22N2S2/c1-13-7-9-15(21-13)11-19-17-5-3-4-6-18(17)20-12-16-10-8-14(2)22-16/h7-12,17-18H,3-6H2,1-2H3. The van der Waals surface area contributed by atoms with Crippen LogP contribution in [0, 0.1) is 13.8 Å². The number of aryl methyl sites for hydroxylation is 2. The van der Waals surface area contributed by atoms with Gasteiger partial charge in [-0.25, -0.2) is 0 Å². The second-order valence-corrected chi connectivity index (χ2v) is 8.51. The van der Waals surface area contributed by atoms with E-state index < -0.39 is 0 Å². The van der Waals surface area contributed by atoms with Crippen molar-refractivity contribution in [3.63, 3.8) is 0 Å². The maximum absolute atomic E-state index is 4.84. The molecule has 22 heavy (non-hydrogen) atoms. The molecule has 2 atom stereocenters. The van der Waals surface area contributed by atoms with Crippen molar-refractivity contribution in [2.75, 3.05) is 0 Å². The Hall–Kier alpha value is -1.26. The molecule has 1 saturated carbocycles. The third-order valence-electron chi connectivity index (χ3n) is 4.00. The highest BCUT2D eigenvalue weighted by Crippen LogP contribution is 2.25. The molecule has 0 aliphatic heterocycles. The van der Waals surface area contributed by atoms with Crippen LogP contribution in [0.5, 0.6) is 0 Å². The number of aliphatic imine (C=N–C) groups is 2. The van der Waals surface area contributed by atoms with E-state index in [1.807, 2.05) is 12.4 Å². The molecule has 0 radical (unpaired) electrons. The van der Waals surface area contributed by atoms with E-state index in [4.69, 9.17) is 9.98 Å². The van der Waals surface area contributed by atoms with Gasteiger partial charge in [0.15, 0.2) is 0 Å². The summed E-state index contributed by atoms with van der Waals surface area (Å²) in [4.78, 5) is 14.9. The van der Waals surface area contributed by atoms with Crippen molar-refractivity contribution in [2.45, 2.75) is 51.6 Å². The van der Waals surface area contributed by atoms with Gasteiger partial charge < -0.3 is 0 Å². The molecular weight excluding hydrogens is 308 g/mol. The van der Waals surface area contributed by atoms with E-state index in [-0.39, 0.29) is 0 Å². The van der Waals surface area contributed by atoms with Crippen LogP contribution >= 0.6 is 22.7 Å². The van der Waals surface area contributed by atoms with Crippen molar-refractivity contribution in [1.82, 2.24) is 0 Å². The molecule has 0 aromatic carbocycles. The minimum atomic E-state index is 0.341. The molecule has 4 heteroatoms. The molecule has 1 aliphatic rings. The van der Waals surface area contributed by atoms with Gasteiger partial charge in [-0.1, -0.05) is 12.8 Å². The van der Waals surface area contributed by atoms with Crippen LogP contribution in [0.15, 0.2) is 34.3 Å². The topological polar surface area (TPSA) is 24.7 Å². The number of rotatable bonds is 4. The largest absolute Gasteiger partial charge is 0.286 e. The van der Waals surface area contributed by atoms with Crippen LogP contribution in [0.25, 0.3) is 0 Å². The lowest BCUT2D eigenvalue weighted by molar-refractivity contribution is 0.390. The number of hydrogen-bond donors (Lipinski definition) is 0. The molecular formula is C18H22N2S2. The van der Waals surface area contributed by atoms with Gasteiger partial charge in [0.1, 0.15) is 0 Å². The summed E-state index contributed by atoms with van der Waals surface area (Å²) in [5.41, 5.74) is 0. The number of nitrogens with zero attached hydrogens (tertiary/aromatic N) is 2. The minimum Gasteiger partial charge on any atom is -0.286 e. The average molecular weight is 331 g/mol. The highest BCUT2D eigenvalue weighted by molar-refractivity contribution is 7.13. The summed E-state index contributed by atoms with van der Waals surface area (Å²) in [6.45, 7) is 4.28. The van der Waals surface area contributed by atoms with Gasteiger partial charge >= 0.3 is 0 Å². The Bertz CT molecular complexity index is 608. The van der Waals surface area contributed by atoms with Crippen molar-refractivity contribution in [2.24, 2.45) is 9.98 Å². The van der Waals surface area contributed by atoms with Gasteiger partial charge in [-0.3, -0.25) is 9.98 Å². The minimum absolute atomic E-state index is 0.341. The van der Waals surface area contributed by atoms with Gasteiger partial charge in [0.25, 0.3) is 0 Å². The molecule has 0 amide bonds. The summed E-state index contributed by atoms with van der Waals surface area (Å²) in [5.74, 6) is 0. The molecule has 2 heterocycles. The summed E-state index contributed by atoms with van der Waals surface area (Å²) in [6, 6.07) is 9.29. The first kappa shape index (κ1) is 15.6. The van der Waals surface area contributed by atoms with Gasteiger partial charge in [-0.05, 0) is 51.0 Å². The van der Waals surface area contributed by atoms with Gasteiger partial charge in [-0.2, -0.15) is 0 Å². The van der Waals surface area contributed by atoms with Crippen molar-refractivity contribution in [3.8, 4) is 0 Å². The molecule has 2 aromatic rings. The summed E-state index contributed by atoms with van der Waals surface area (Å²) < 4.78 is 0. The highest BCUT2D eigenvalue weighted by Gasteiger charge is 2.23. The maximum Gasteiger partial charge on any atom is 0.0723 e. The van der Waals surface area contributed by atoms with Crippen LogP contribution in [0.2, 0.25) is 0 Å². The Kier molecular flexibility index (Phi) is 5.21. The maximum atomic E-state index is 4.84. The van der Waals surface area contributed by atoms with Crippen molar-refractivity contribution in [1.29, 1.82) is 0 Å². The SMILES string of the molecule is Cc1ccc(C=NC2CCCCC2N=Cc2ccc(C)s2)s1. The van der Waals surface area contributed by atoms with E-state index in [0.717, 1.165) is 12.8 Å². The fourth-order valence-electron chi connectivity index (χ4n) is 2.82. The smallest absolute Gasteiger partial charge is 0.0723 e. The van der Waals surface area contributed by atoms with E-state index in [9.17, 15) is 0 Å². The van der Waals surface area contributed by atoms with E-state index in [0.29, 0.717) is 12.1 Å². The summed E-state index contributed by atoms with van der Waals surface area (Å²) in [5, 5.41) is 0. The first-order chi connectivity index (χ1) is 10.7. The Labute approximate surface area is 140 Å². The quantitative estimate of drug-likeness (QED) is 0.682. The zero-order valence-electron chi connectivity index (χ0n) is 13.2. The summed E-state index contributed by atoms with van der Waals surface area (Å²) in [7, 11) is 0. The Balaban J connectivity index is 1.68. The normalized spacial score (nSPS) is 22.8. The van der Waals surface area contributed by atoms with Crippen LogP contribution < -0.4 is 0 Å². The Morgan fingerprint density at radius 1 is 0.818 bits per heavy atom. The van der Waals surface area contributed by atoms with Crippen LogP contribution in [-0.2, 0) is 0 Å². The molecule has 2 aromatic heterocycles. The zero-order valence-corrected chi connectivity index (χ0v) is 14.8. The third kappa shape index (κ3) is 4.14. The fraction of sp³-hybridized carbons (Fsp3) is 0.444. The van der Waals surface area contributed by atoms with Crippen LogP contribution in [0.1, 0.15) is 45.2 Å². The van der Waals surface area contributed by atoms with Crippen LogP contribution in [0.3, 0.4) is 0 Å². The molecule has 0 spiro atoms. The third-order valence-corrected chi connectivity index (χ3v) is 5.87. The Morgan fingerprint density at radius 3 is 1.64 bits per heavy atom. The van der Waals surface area contributed by atoms with E-state index in [2.05, 4.69) is 38.1 Å². The van der Waals surface area contributed by atoms with Crippen LogP contribution in [-0.4, -0.2) is 24.5 Å².